The van der Waals surface area contributed by atoms with Crippen molar-refractivity contribution in [1.82, 2.24) is 0 Å². The fourth-order valence-electron chi connectivity index (χ4n) is 4.16. The Labute approximate surface area is 178 Å². The van der Waals surface area contributed by atoms with Crippen LogP contribution in [0.3, 0.4) is 0 Å². The third-order valence-electron chi connectivity index (χ3n) is 6.13. The Morgan fingerprint density at radius 3 is 1.87 bits per heavy atom. The Morgan fingerprint density at radius 2 is 1.29 bits per heavy atom. The molecule has 14 heteroatoms. The van der Waals surface area contributed by atoms with Gasteiger partial charge >= 0.3 is 0 Å². The molecule has 0 aromatic heterocycles. The Hall–Kier alpha value is -0.560. The molecule has 1 aliphatic carbocycles. The minimum atomic E-state index is -1.46. The van der Waals surface area contributed by atoms with Gasteiger partial charge in [0.25, 0.3) is 0 Å². The number of hydrogen-bond donors (Lipinski definition) is 10. The Bertz CT molecular complexity index is 591. The van der Waals surface area contributed by atoms with E-state index in [9.17, 15) is 30.6 Å². The Balaban J connectivity index is 1.78. The molecule has 2 saturated heterocycles. The molecular weight excluding hydrogens is 420 g/mol. The summed E-state index contributed by atoms with van der Waals surface area (Å²) < 4.78 is 22.5. The Morgan fingerprint density at radius 1 is 0.710 bits per heavy atom. The van der Waals surface area contributed by atoms with Crippen molar-refractivity contribution in [2.24, 2.45) is 22.9 Å². The summed E-state index contributed by atoms with van der Waals surface area (Å²) in [7, 11) is 0. The monoisotopic (exact) mass is 454 g/mol. The molecular formula is C17H34N4O10. The van der Waals surface area contributed by atoms with Crippen LogP contribution in [0.4, 0.5) is 0 Å². The highest BCUT2D eigenvalue weighted by molar-refractivity contribution is 5.01. The topological polar surface area (TPSA) is 262 Å². The molecule has 14 atom stereocenters. The molecule has 182 valence electrons. The highest BCUT2D eigenvalue weighted by Crippen LogP contribution is 2.31. The van der Waals surface area contributed by atoms with Gasteiger partial charge in [-0.1, -0.05) is 0 Å². The predicted octanol–water partition coefficient (Wildman–Crippen LogP) is -6.65. The van der Waals surface area contributed by atoms with Gasteiger partial charge in [0.2, 0.25) is 0 Å². The second-order valence-corrected chi connectivity index (χ2v) is 8.30. The first-order chi connectivity index (χ1) is 14.6. The highest BCUT2D eigenvalue weighted by atomic mass is 16.7. The molecule has 31 heavy (non-hydrogen) atoms. The van der Waals surface area contributed by atoms with Gasteiger partial charge in [-0.05, 0) is 6.42 Å². The van der Waals surface area contributed by atoms with Gasteiger partial charge in [-0.25, -0.2) is 0 Å². The van der Waals surface area contributed by atoms with Gasteiger partial charge in [0.1, 0.15) is 48.8 Å². The van der Waals surface area contributed by atoms with E-state index in [1.165, 1.54) is 0 Å². The summed E-state index contributed by atoms with van der Waals surface area (Å²) >= 11 is 0. The van der Waals surface area contributed by atoms with Gasteiger partial charge in [0.05, 0.1) is 18.8 Å². The maximum Gasteiger partial charge on any atom is 0.187 e. The summed E-state index contributed by atoms with van der Waals surface area (Å²) in [5.74, 6) is 0. The molecule has 0 aromatic rings. The summed E-state index contributed by atoms with van der Waals surface area (Å²) in [5, 5.41) is 60.3. The molecule has 0 aromatic carbocycles. The van der Waals surface area contributed by atoms with Gasteiger partial charge in [0, 0.05) is 18.6 Å². The lowest BCUT2D eigenvalue weighted by Crippen LogP contribution is -2.68. The maximum absolute atomic E-state index is 10.6. The van der Waals surface area contributed by atoms with E-state index in [1.54, 1.807) is 0 Å². The first kappa shape index (κ1) is 25.1. The molecule has 2 heterocycles. The van der Waals surface area contributed by atoms with E-state index in [2.05, 4.69) is 0 Å². The van der Waals surface area contributed by atoms with Crippen LogP contribution in [0, 0.1) is 0 Å². The molecule has 14 nitrogen and oxygen atoms in total. The number of hydrogen-bond acceptors (Lipinski definition) is 14. The van der Waals surface area contributed by atoms with E-state index in [1.807, 2.05) is 0 Å². The van der Waals surface area contributed by atoms with E-state index in [0.29, 0.717) is 0 Å². The van der Waals surface area contributed by atoms with E-state index in [0.717, 1.165) is 0 Å². The molecule has 0 bridgehead atoms. The fraction of sp³-hybridized carbons (Fsp3) is 1.00. The number of aliphatic hydroxyl groups excluding tert-OH is 6. The van der Waals surface area contributed by atoms with Crippen molar-refractivity contribution in [1.29, 1.82) is 0 Å². The SMILES string of the molecule is NC[C@H]1O[C@@H](O[C@H]2[C@@H](O)[C@H](N)C[C@H](N)[C@H]2O[C@@H]2O[C@H](CO)[C@@H](O)[C@H](O)[C@H]2N)[C@H](O)[C@@H]1O. The third kappa shape index (κ3) is 4.87. The largest absolute Gasteiger partial charge is 0.394 e. The predicted molar refractivity (Wildman–Crippen MR) is 102 cm³/mol. The van der Waals surface area contributed by atoms with E-state index >= 15 is 0 Å². The molecule has 3 aliphatic rings. The zero-order chi connectivity index (χ0) is 23.0. The first-order valence-electron chi connectivity index (χ1n) is 10.2. The van der Waals surface area contributed by atoms with Crippen molar-refractivity contribution >= 4 is 0 Å². The summed E-state index contributed by atoms with van der Waals surface area (Å²) in [6.07, 6.45) is -13.8. The molecule has 0 spiro atoms. The summed E-state index contributed by atoms with van der Waals surface area (Å²) in [6.45, 7) is -0.673. The van der Waals surface area contributed by atoms with Crippen molar-refractivity contribution in [2.75, 3.05) is 13.2 Å². The minimum Gasteiger partial charge on any atom is -0.394 e. The van der Waals surface area contributed by atoms with Crippen LogP contribution in [0.15, 0.2) is 0 Å². The normalized spacial score (nSPS) is 53.6. The van der Waals surface area contributed by atoms with Crippen molar-refractivity contribution in [3.8, 4) is 0 Å². The van der Waals surface area contributed by atoms with E-state index in [4.69, 9.17) is 41.9 Å². The Kier molecular flexibility index (Phi) is 8.21. The van der Waals surface area contributed by atoms with E-state index < -0.39 is 92.2 Å². The van der Waals surface area contributed by atoms with Crippen LogP contribution in [0.2, 0.25) is 0 Å². The number of nitrogens with two attached hydrogens (primary N) is 4. The number of ether oxygens (including phenoxy) is 4. The lowest BCUT2D eigenvalue weighted by Gasteiger charge is -2.47. The van der Waals surface area contributed by atoms with Gasteiger partial charge in [-0.15, -0.1) is 0 Å². The average Bonchev–Trinajstić information content (AvgIpc) is 3.02. The number of rotatable bonds is 6. The average molecular weight is 454 g/mol. The highest BCUT2D eigenvalue weighted by Gasteiger charge is 2.52. The van der Waals surface area contributed by atoms with Gasteiger partial charge < -0.3 is 72.5 Å². The second-order valence-electron chi connectivity index (χ2n) is 8.30. The van der Waals surface area contributed by atoms with Crippen molar-refractivity contribution in [3.05, 3.63) is 0 Å². The molecule has 0 amide bonds. The van der Waals surface area contributed by atoms with Crippen LogP contribution >= 0.6 is 0 Å². The van der Waals surface area contributed by atoms with Crippen LogP contribution in [0.25, 0.3) is 0 Å². The number of aliphatic hydroxyl groups is 6. The molecule has 3 rings (SSSR count). The van der Waals surface area contributed by atoms with Crippen LogP contribution in [-0.4, -0.2) is 129 Å². The molecule has 1 saturated carbocycles. The van der Waals surface area contributed by atoms with Crippen LogP contribution in [0.5, 0.6) is 0 Å². The standard InChI is InChI=1S/C17H34N4O10/c18-2-6-10(24)13(27)17(28-6)31-15-9(23)4(19)1-5(20)14(15)30-16-8(21)12(26)11(25)7(3-22)29-16/h4-17,22-27H,1-3,18-21H2/t4-,5+,6-,7-,8-,9+,10-,11-,12-,13-,14-,15+,16+,17+/m1/s1. The molecule has 0 unspecified atom stereocenters. The fourth-order valence-corrected chi connectivity index (χ4v) is 4.16. The van der Waals surface area contributed by atoms with Crippen LogP contribution < -0.4 is 22.9 Å². The van der Waals surface area contributed by atoms with Crippen molar-refractivity contribution < 1.29 is 49.6 Å². The summed E-state index contributed by atoms with van der Waals surface area (Å²) in [5.41, 5.74) is 23.6. The van der Waals surface area contributed by atoms with Crippen molar-refractivity contribution in [2.45, 2.75) is 92.1 Å². The maximum atomic E-state index is 10.6. The summed E-state index contributed by atoms with van der Waals surface area (Å²) in [6, 6.07) is -2.76. The molecule has 3 fully saturated rings. The minimum absolute atomic E-state index is 0.0716. The smallest absolute Gasteiger partial charge is 0.187 e. The molecule has 0 radical (unpaired) electrons. The zero-order valence-corrected chi connectivity index (χ0v) is 16.8. The van der Waals surface area contributed by atoms with Crippen LogP contribution in [0.1, 0.15) is 6.42 Å². The van der Waals surface area contributed by atoms with Gasteiger partial charge in [-0.2, -0.15) is 0 Å². The molecule has 2 aliphatic heterocycles. The second kappa shape index (κ2) is 10.1. The third-order valence-corrected chi connectivity index (χ3v) is 6.13. The van der Waals surface area contributed by atoms with Crippen LogP contribution in [-0.2, 0) is 18.9 Å². The lowest BCUT2D eigenvalue weighted by atomic mass is 9.84. The summed E-state index contributed by atoms with van der Waals surface area (Å²) in [4.78, 5) is 0. The van der Waals surface area contributed by atoms with Gasteiger partial charge in [-0.3, -0.25) is 0 Å². The van der Waals surface area contributed by atoms with E-state index in [-0.39, 0.29) is 13.0 Å². The zero-order valence-electron chi connectivity index (χ0n) is 16.8. The van der Waals surface area contributed by atoms with Crippen molar-refractivity contribution in [3.63, 3.8) is 0 Å². The molecule has 14 N–H and O–H groups in total. The lowest BCUT2D eigenvalue weighted by molar-refractivity contribution is -0.310. The quantitative estimate of drug-likeness (QED) is 0.179. The van der Waals surface area contributed by atoms with Gasteiger partial charge in [0.15, 0.2) is 12.6 Å². The first-order valence-corrected chi connectivity index (χ1v) is 10.2.